The Morgan fingerprint density at radius 2 is 2.08 bits per heavy atom. The molecule has 0 radical (unpaired) electrons. The van der Waals surface area contributed by atoms with Crippen LogP contribution in [0, 0.1) is 4.84 Å². The Kier molecular flexibility index (Phi) is 2.20. The lowest BCUT2D eigenvalue weighted by Crippen LogP contribution is -1.73. The summed E-state index contributed by atoms with van der Waals surface area (Å²) >= 11 is 10.8. The number of hydrogen-bond acceptors (Lipinski definition) is 2. The van der Waals surface area contributed by atoms with Gasteiger partial charge in [-0.3, -0.25) is 0 Å². The average molecular weight is 212 g/mol. The van der Waals surface area contributed by atoms with Gasteiger partial charge in [-0.2, -0.15) is 0 Å². The zero-order valence-corrected chi connectivity index (χ0v) is 8.15. The molecule has 2 nitrogen and oxygen atoms in total. The molecule has 2 rings (SSSR count). The lowest BCUT2D eigenvalue weighted by atomic mass is 10.2. The van der Waals surface area contributed by atoms with E-state index in [9.17, 15) is 0 Å². The monoisotopic (exact) mass is 211 g/mol. The minimum Gasteiger partial charge on any atom is -0.429 e. The minimum atomic E-state index is 0.356. The molecule has 1 aromatic carbocycles. The van der Waals surface area contributed by atoms with Crippen molar-refractivity contribution in [3.8, 4) is 11.3 Å². The van der Waals surface area contributed by atoms with Crippen LogP contribution in [0.25, 0.3) is 11.3 Å². The minimum absolute atomic E-state index is 0.356. The molecule has 0 spiro atoms. The Morgan fingerprint density at radius 1 is 1.31 bits per heavy atom. The molecular weight excluding hydrogens is 206 g/mol. The molecule has 0 saturated heterocycles. The Morgan fingerprint density at radius 3 is 2.69 bits per heavy atom. The van der Waals surface area contributed by atoms with Crippen molar-refractivity contribution in [2.24, 2.45) is 0 Å². The van der Waals surface area contributed by atoms with Crippen molar-refractivity contribution in [1.29, 1.82) is 0 Å². The number of benzene rings is 1. The summed E-state index contributed by atoms with van der Waals surface area (Å²) in [5.74, 6) is 0.663. The third-order valence-electron chi connectivity index (χ3n) is 1.66. The molecule has 13 heavy (non-hydrogen) atoms. The third-order valence-corrected chi connectivity index (χ3v) is 2.19. The van der Waals surface area contributed by atoms with E-state index in [1.165, 1.54) is 0 Å². The summed E-state index contributed by atoms with van der Waals surface area (Å²) in [5, 5.41) is 0.653. The van der Waals surface area contributed by atoms with Crippen molar-refractivity contribution >= 4 is 23.8 Å². The molecule has 0 atom stereocenters. The molecule has 1 N–H and O–H groups in total. The van der Waals surface area contributed by atoms with Gasteiger partial charge in [-0.25, -0.2) is 0 Å². The lowest BCUT2D eigenvalue weighted by Gasteiger charge is -1.97. The van der Waals surface area contributed by atoms with Crippen LogP contribution >= 0.6 is 23.8 Å². The van der Waals surface area contributed by atoms with Gasteiger partial charge < -0.3 is 9.40 Å². The van der Waals surface area contributed by atoms with E-state index in [1.807, 2.05) is 24.3 Å². The van der Waals surface area contributed by atoms with E-state index in [1.54, 1.807) is 6.20 Å². The smallest absolute Gasteiger partial charge is 0.266 e. The number of rotatable bonds is 1. The fourth-order valence-electron chi connectivity index (χ4n) is 1.08. The Labute approximate surface area is 85.2 Å². The predicted octanol–water partition coefficient (Wildman–Crippen LogP) is 3.66. The second-order valence-electron chi connectivity index (χ2n) is 2.52. The molecule has 0 unspecified atom stereocenters. The molecule has 2 aromatic rings. The first-order valence-corrected chi connectivity index (χ1v) is 4.49. The summed E-state index contributed by atoms with van der Waals surface area (Å²) in [4.78, 5) is 3.14. The Bertz CT molecular complexity index is 474. The fourth-order valence-corrected chi connectivity index (χ4v) is 1.45. The molecule has 0 bridgehead atoms. The molecule has 1 heterocycles. The maximum atomic E-state index is 5.96. The third kappa shape index (κ3) is 1.66. The maximum Gasteiger partial charge on any atom is 0.266 e. The van der Waals surface area contributed by atoms with Crippen LogP contribution in [-0.4, -0.2) is 4.98 Å². The van der Waals surface area contributed by atoms with E-state index in [2.05, 4.69) is 4.98 Å². The van der Waals surface area contributed by atoms with E-state index in [4.69, 9.17) is 28.2 Å². The topological polar surface area (TPSA) is 28.9 Å². The van der Waals surface area contributed by atoms with Gasteiger partial charge in [0.05, 0.1) is 5.02 Å². The van der Waals surface area contributed by atoms with Crippen LogP contribution in [0.1, 0.15) is 0 Å². The average Bonchev–Trinajstić information content (AvgIpc) is 2.53. The van der Waals surface area contributed by atoms with Gasteiger partial charge in [0.2, 0.25) is 0 Å². The first-order valence-electron chi connectivity index (χ1n) is 3.71. The standard InChI is InChI=1S/C9H6ClNOS/c10-7-4-2-1-3-6(7)8-5-11-9(13)12-8/h1-5H,(H,11,13). The molecule has 0 fully saturated rings. The second kappa shape index (κ2) is 3.36. The maximum absolute atomic E-state index is 5.96. The van der Waals surface area contributed by atoms with Crippen LogP contribution < -0.4 is 0 Å². The number of aromatic nitrogens is 1. The largest absolute Gasteiger partial charge is 0.429 e. The van der Waals surface area contributed by atoms with Gasteiger partial charge in [-0.05, 0) is 24.4 Å². The molecule has 0 aliphatic carbocycles. The Balaban J connectivity index is 2.58. The van der Waals surface area contributed by atoms with Crippen molar-refractivity contribution in [2.75, 3.05) is 0 Å². The molecule has 0 aliphatic heterocycles. The Hall–Kier alpha value is -1.06. The van der Waals surface area contributed by atoms with E-state index in [-0.39, 0.29) is 0 Å². The molecule has 1 aromatic heterocycles. The van der Waals surface area contributed by atoms with E-state index >= 15 is 0 Å². The molecule has 0 aliphatic rings. The zero-order valence-electron chi connectivity index (χ0n) is 6.58. The second-order valence-corrected chi connectivity index (χ2v) is 3.30. The highest BCUT2D eigenvalue weighted by molar-refractivity contribution is 7.71. The van der Waals surface area contributed by atoms with Crippen LogP contribution in [-0.2, 0) is 0 Å². The number of aromatic amines is 1. The van der Waals surface area contributed by atoms with Crippen LogP contribution in [0.3, 0.4) is 0 Å². The highest BCUT2D eigenvalue weighted by Gasteiger charge is 2.04. The highest BCUT2D eigenvalue weighted by Crippen LogP contribution is 2.26. The van der Waals surface area contributed by atoms with Gasteiger partial charge in [0.25, 0.3) is 4.84 Å². The van der Waals surface area contributed by atoms with Crippen LogP contribution in [0.15, 0.2) is 34.9 Å². The van der Waals surface area contributed by atoms with Gasteiger partial charge >= 0.3 is 0 Å². The SMILES string of the molecule is S=c1[nH]cc(-c2ccccc2Cl)o1. The number of H-pyrrole nitrogens is 1. The summed E-state index contributed by atoms with van der Waals surface area (Å²) in [6.45, 7) is 0. The van der Waals surface area contributed by atoms with Crippen molar-refractivity contribution in [2.45, 2.75) is 0 Å². The predicted molar refractivity (Wildman–Crippen MR) is 54.3 cm³/mol. The summed E-state index contributed by atoms with van der Waals surface area (Å²) in [7, 11) is 0. The van der Waals surface area contributed by atoms with E-state index < -0.39 is 0 Å². The molecule has 66 valence electrons. The number of oxazole rings is 1. The normalized spacial score (nSPS) is 10.2. The molecular formula is C9H6ClNOS. The van der Waals surface area contributed by atoms with Crippen molar-refractivity contribution < 1.29 is 4.42 Å². The molecule has 4 heteroatoms. The van der Waals surface area contributed by atoms with Crippen LogP contribution in [0.2, 0.25) is 5.02 Å². The quantitative estimate of drug-likeness (QED) is 0.730. The van der Waals surface area contributed by atoms with Gasteiger partial charge in [-0.1, -0.05) is 23.7 Å². The van der Waals surface area contributed by atoms with Gasteiger partial charge in [0, 0.05) is 11.8 Å². The van der Waals surface area contributed by atoms with Gasteiger partial charge in [0.1, 0.15) is 0 Å². The van der Waals surface area contributed by atoms with Crippen molar-refractivity contribution in [3.05, 3.63) is 40.3 Å². The summed E-state index contributed by atoms with van der Waals surface area (Å²) in [6.07, 6.45) is 1.70. The number of hydrogen-bond donors (Lipinski definition) is 1. The summed E-state index contributed by atoms with van der Waals surface area (Å²) in [5.41, 5.74) is 0.844. The van der Waals surface area contributed by atoms with Crippen molar-refractivity contribution in [1.82, 2.24) is 4.98 Å². The van der Waals surface area contributed by atoms with E-state index in [0.717, 1.165) is 5.56 Å². The number of nitrogens with one attached hydrogen (secondary N) is 1. The molecule has 0 saturated carbocycles. The van der Waals surface area contributed by atoms with Gasteiger partial charge in [-0.15, -0.1) is 0 Å². The van der Waals surface area contributed by atoms with Gasteiger partial charge in [0.15, 0.2) is 5.76 Å². The first-order chi connectivity index (χ1) is 6.27. The van der Waals surface area contributed by atoms with Crippen molar-refractivity contribution in [3.63, 3.8) is 0 Å². The number of halogens is 1. The molecule has 0 amide bonds. The lowest BCUT2D eigenvalue weighted by molar-refractivity contribution is 0.554. The summed E-state index contributed by atoms with van der Waals surface area (Å²) in [6, 6.07) is 7.45. The summed E-state index contributed by atoms with van der Waals surface area (Å²) < 4.78 is 5.23. The zero-order chi connectivity index (χ0) is 9.26. The fraction of sp³-hybridized carbons (Fsp3) is 0. The van der Waals surface area contributed by atoms with Crippen LogP contribution in [0.5, 0.6) is 0 Å². The van der Waals surface area contributed by atoms with E-state index in [0.29, 0.717) is 15.6 Å². The van der Waals surface area contributed by atoms with Crippen LogP contribution in [0.4, 0.5) is 0 Å². The highest BCUT2D eigenvalue weighted by atomic mass is 35.5. The first kappa shape index (κ1) is 8.53.